The Morgan fingerprint density at radius 3 is 2.16 bits per heavy atom. The average Bonchev–Trinajstić information content (AvgIpc) is 3.75. The Labute approximate surface area is 260 Å². The van der Waals surface area contributed by atoms with E-state index in [1.165, 1.54) is 33.1 Å². The molecule has 216 valence electrons. The molecule has 0 bridgehead atoms. The van der Waals surface area contributed by atoms with Gasteiger partial charge in [0.15, 0.2) is 0 Å². The zero-order chi connectivity index (χ0) is 30.0. The van der Waals surface area contributed by atoms with Gasteiger partial charge >= 0.3 is 0 Å². The molecule has 0 spiro atoms. The number of hydrogen-bond acceptors (Lipinski definition) is 4. The van der Waals surface area contributed by atoms with Gasteiger partial charge in [0, 0.05) is 17.8 Å². The monoisotopic (exact) mass is 573 g/mol. The molecule has 0 amide bonds. The van der Waals surface area contributed by atoms with Crippen LogP contribution in [0.2, 0.25) is 0 Å². The fraction of sp³-hybridized carbons (Fsp3) is 0.158. The maximum atomic E-state index is 5.00. The smallest absolute Gasteiger partial charge is 0.242 e. The number of aromatic nitrogens is 2. The first-order chi connectivity index (χ1) is 21.5. The summed E-state index contributed by atoms with van der Waals surface area (Å²) in [5, 5.41) is 11.8. The molecule has 0 fully saturated rings. The van der Waals surface area contributed by atoms with Crippen molar-refractivity contribution in [3.05, 3.63) is 150 Å². The van der Waals surface area contributed by atoms with Crippen molar-refractivity contribution in [2.45, 2.75) is 33.1 Å². The summed E-state index contributed by atoms with van der Waals surface area (Å²) in [6, 6.07) is 34.9. The van der Waals surface area contributed by atoms with E-state index in [-0.39, 0.29) is 6.71 Å². The minimum atomic E-state index is 0.0498. The molecule has 7 rings (SSSR count). The molecule has 1 aliphatic heterocycles. The second kappa shape index (κ2) is 11.9. The van der Waals surface area contributed by atoms with E-state index in [2.05, 4.69) is 152 Å². The molecule has 2 aliphatic rings. The molecule has 0 saturated carbocycles. The van der Waals surface area contributed by atoms with Crippen LogP contribution in [0.1, 0.15) is 34.7 Å². The molecule has 5 nitrogen and oxygen atoms in total. The summed E-state index contributed by atoms with van der Waals surface area (Å²) in [6.45, 7) is 7.38. The Balaban J connectivity index is 1.26. The van der Waals surface area contributed by atoms with E-state index in [4.69, 9.17) is 10.2 Å². The first-order valence-electron chi connectivity index (χ1n) is 15.3. The van der Waals surface area contributed by atoms with Crippen molar-refractivity contribution in [2.24, 2.45) is 5.10 Å². The predicted octanol–water partition coefficient (Wildman–Crippen LogP) is 6.14. The zero-order valence-corrected chi connectivity index (χ0v) is 25.5. The van der Waals surface area contributed by atoms with Crippen molar-refractivity contribution in [1.82, 2.24) is 9.78 Å². The van der Waals surface area contributed by atoms with E-state index in [1.54, 1.807) is 0 Å². The van der Waals surface area contributed by atoms with Crippen LogP contribution in [-0.2, 0) is 0 Å². The predicted molar refractivity (Wildman–Crippen MR) is 186 cm³/mol. The summed E-state index contributed by atoms with van der Waals surface area (Å²) in [4.78, 5) is 2.17. The Morgan fingerprint density at radius 1 is 0.727 bits per heavy atom. The quantitative estimate of drug-likeness (QED) is 0.220. The number of rotatable bonds is 7. The molecule has 2 heterocycles. The van der Waals surface area contributed by atoms with E-state index >= 15 is 0 Å². The third kappa shape index (κ3) is 5.51. The van der Waals surface area contributed by atoms with Crippen LogP contribution in [0.4, 0.5) is 11.4 Å². The Kier molecular flexibility index (Phi) is 7.49. The van der Waals surface area contributed by atoms with Gasteiger partial charge in [-0.25, -0.2) is 9.69 Å². The molecule has 0 unspecified atom stereocenters. The molecule has 1 atom stereocenters. The van der Waals surface area contributed by atoms with Crippen molar-refractivity contribution >= 4 is 40.8 Å². The number of nitrogens with zero attached hydrogens (tertiary/aromatic N) is 5. The van der Waals surface area contributed by atoms with Gasteiger partial charge in [-0.1, -0.05) is 112 Å². The van der Waals surface area contributed by atoms with Gasteiger partial charge in [-0.15, -0.1) is 0 Å². The van der Waals surface area contributed by atoms with Gasteiger partial charge in [0.1, 0.15) is 13.0 Å². The van der Waals surface area contributed by atoms with Crippen molar-refractivity contribution < 1.29 is 0 Å². The van der Waals surface area contributed by atoms with Crippen LogP contribution in [0.15, 0.2) is 133 Å². The highest BCUT2D eigenvalue weighted by Crippen LogP contribution is 2.24. The molecule has 0 radical (unpaired) electrons. The third-order valence-electron chi connectivity index (χ3n) is 8.67. The number of aryl methyl sites for hydroxylation is 3. The highest BCUT2D eigenvalue weighted by atomic mass is 15.6. The van der Waals surface area contributed by atoms with Crippen LogP contribution < -0.4 is 26.3 Å². The molecule has 1 aliphatic carbocycles. The second-order valence-corrected chi connectivity index (χ2v) is 11.9. The Morgan fingerprint density at radius 2 is 1.43 bits per heavy atom. The molecule has 5 aromatic rings. The van der Waals surface area contributed by atoms with Crippen molar-refractivity contribution in [3.63, 3.8) is 0 Å². The first kappa shape index (κ1) is 27.7. The van der Waals surface area contributed by atoms with E-state index in [9.17, 15) is 0 Å². The average molecular weight is 574 g/mol. The Bertz CT molecular complexity index is 1860. The third-order valence-corrected chi connectivity index (χ3v) is 8.67. The largest absolute Gasteiger partial charge is 0.311 e. The lowest BCUT2D eigenvalue weighted by Crippen LogP contribution is -2.54. The Hall–Kier alpha value is -5.10. The minimum absolute atomic E-state index is 0.0498. The van der Waals surface area contributed by atoms with Crippen molar-refractivity contribution in [1.29, 1.82) is 0 Å². The van der Waals surface area contributed by atoms with Crippen LogP contribution in [0.3, 0.4) is 0 Å². The summed E-state index contributed by atoms with van der Waals surface area (Å²) in [5.41, 5.74) is 12.1. The second-order valence-electron chi connectivity index (χ2n) is 11.9. The van der Waals surface area contributed by atoms with E-state index in [0.29, 0.717) is 12.6 Å². The summed E-state index contributed by atoms with van der Waals surface area (Å²) in [5.74, 6) is 0.323. The molecule has 6 heteroatoms. The normalized spacial score (nSPS) is 15.8. The number of anilines is 2. The minimum Gasteiger partial charge on any atom is -0.311 e. The van der Waals surface area contributed by atoms with Crippen LogP contribution >= 0.6 is 0 Å². The molecule has 0 N–H and O–H groups in total. The molecule has 0 saturated heterocycles. The van der Waals surface area contributed by atoms with Gasteiger partial charge in [-0.3, -0.25) is 0 Å². The molecule has 1 aromatic heterocycles. The van der Waals surface area contributed by atoms with Gasteiger partial charge in [0.05, 0.1) is 17.1 Å². The summed E-state index contributed by atoms with van der Waals surface area (Å²) in [6.07, 6.45) is 13.7. The van der Waals surface area contributed by atoms with E-state index in [1.807, 2.05) is 17.1 Å². The van der Waals surface area contributed by atoms with Crippen LogP contribution in [-0.4, -0.2) is 29.5 Å². The van der Waals surface area contributed by atoms with E-state index in [0.717, 1.165) is 29.2 Å². The van der Waals surface area contributed by atoms with Crippen LogP contribution in [0.5, 0.6) is 0 Å². The number of benzene rings is 4. The highest BCUT2D eigenvalue weighted by molar-refractivity contribution is 6.96. The van der Waals surface area contributed by atoms with Gasteiger partial charge < -0.3 is 4.90 Å². The van der Waals surface area contributed by atoms with Gasteiger partial charge in [0.25, 0.3) is 0 Å². The van der Waals surface area contributed by atoms with Crippen molar-refractivity contribution in [3.8, 4) is 5.69 Å². The summed E-state index contributed by atoms with van der Waals surface area (Å²) in [7, 11) is 0. The lowest BCUT2D eigenvalue weighted by atomic mass is 9.35. The standard InChI is InChI=1S/C38H36BN5/c1-28-22-29(2)38(30(3)23-28)39(32-14-10-18-35(24-32)43-21-20-37(41-43)31-12-6-4-7-13-31)33-15-11-19-36(25-33)44-27-42(26-40-44)34-16-8-5-9-17-34/h4-12,14-26,31H,13,27H2,1-3H3/t31-/m1/s1. The topological polar surface area (TPSA) is 36.7 Å². The molecular weight excluding hydrogens is 537 g/mol. The number of para-hydroxylation sites is 1. The molecular formula is C38H36BN5. The fourth-order valence-electron chi connectivity index (χ4n) is 6.62. The van der Waals surface area contributed by atoms with Crippen molar-refractivity contribution in [2.75, 3.05) is 16.6 Å². The molecule has 4 aromatic carbocycles. The number of allylic oxidation sites excluding steroid dienone is 4. The SMILES string of the molecule is Cc1cc(C)c(B(c2cccc(N3CN(c4ccccc4)C=N3)c2)c2cccc(-n3ccc([C@@H]4C=CC=CC4)n3)c2)c(C)c1. The zero-order valence-electron chi connectivity index (χ0n) is 25.5. The summed E-state index contributed by atoms with van der Waals surface area (Å²) < 4.78 is 2.02. The van der Waals surface area contributed by atoms with E-state index < -0.39 is 0 Å². The lowest BCUT2D eigenvalue weighted by Gasteiger charge is -2.23. The van der Waals surface area contributed by atoms with Gasteiger partial charge in [-0.05, 0) is 69.7 Å². The number of hydrazone groups is 1. The highest BCUT2D eigenvalue weighted by Gasteiger charge is 2.27. The summed E-state index contributed by atoms with van der Waals surface area (Å²) >= 11 is 0. The number of hydrogen-bond donors (Lipinski definition) is 0. The van der Waals surface area contributed by atoms with Crippen LogP contribution in [0, 0.1) is 20.8 Å². The maximum absolute atomic E-state index is 5.00. The van der Waals surface area contributed by atoms with Crippen LogP contribution in [0.25, 0.3) is 5.69 Å². The maximum Gasteiger partial charge on any atom is 0.242 e. The van der Waals surface area contributed by atoms with Gasteiger partial charge in [-0.2, -0.15) is 10.2 Å². The lowest BCUT2D eigenvalue weighted by molar-refractivity contribution is 0.767. The van der Waals surface area contributed by atoms with Gasteiger partial charge in [0.2, 0.25) is 6.71 Å². The fourth-order valence-corrected chi connectivity index (χ4v) is 6.62. The molecule has 44 heavy (non-hydrogen) atoms. The first-order valence-corrected chi connectivity index (χ1v) is 15.3.